The van der Waals surface area contributed by atoms with Gasteiger partial charge in [-0.1, -0.05) is 0 Å². The van der Waals surface area contributed by atoms with Gasteiger partial charge in [-0.05, 0) is 19.9 Å². The molecule has 0 aliphatic carbocycles. The first-order valence-electron chi connectivity index (χ1n) is 6.96. The average molecular weight is 286 g/mol. The number of aliphatic carboxylic acids is 1. The number of nitrogens with zero attached hydrogens (tertiary/aromatic N) is 1. The highest BCUT2D eigenvalue weighted by atomic mass is 16.5. The molecule has 2 aliphatic heterocycles. The third kappa shape index (κ3) is 3.91. The van der Waals surface area contributed by atoms with E-state index in [1.54, 1.807) is 11.9 Å². The largest absolute Gasteiger partial charge is 0.481 e. The van der Waals surface area contributed by atoms with Crippen LogP contribution in [0.15, 0.2) is 0 Å². The van der Waals surface area contributed by atoms with E-state index in [1.165, 1.54) is 0 Å². The zero-order valence-corrected chi connectivity index (χ0v) is 11.7. The van der Waals surface area contributed by atoms with Gasteiger partial charge in [-0.15, -0.1) is 0 Å². The van der Waals surface area contributed by atoms with Gasteiger partial charge in [0, 0.05) is 25.3 Å². The van der Waals surface area contributed by atoms with E-state index in [0.29, 0.717) is 19.8 Å². The van der Waals surface area contributed by atoms with Crippen LogP contribution in [0.5, 0.6) is 0 Å². The zero-order valence-electron chi connectivity index (χ0n) is 11.7. The topological polar surface area (TPSA) is 88.1 Å². The minimum atomic E-state index is -0.871. The van der Waals surface area contributed by atoms with Gasteiger partial charge in [-0.3, -0.25) is 14.5 Å². The smallest absolute Gasteiger partial charge is 0.310 e. The predicted octanol–water partition coefficient (Wildman–Crippen LogP) is -0.687. The molecule has 20 heavy (non-hydrogen) atoms. The number of carbonyl (C=O) groups excluding carboxylic acids is 1. The van der Waals surface area contributed by atoms with Crippen molar-refractivity contribution >= 4 is 11.9 Å². The number of hydrogen-bond acceptors (Lipinski definition) is 5. The average Bonchev–Trinajstić information content (AvgIpc) is 2.89. The lowest BCUT2D eigenvalue weighted by Gasteiger charge is -2.28. The summed E-state index contributed by atoms with van der Waals surface area (Å²) >= 11 is 0. The SMILES string of the molecule is CN(CC(=O)NC1CCOCC1)C1COCC1C(=O)O. The van der Waals surface area contributed by atoms with Crippen LogP contribution in [0.3, 0.4) is 0 Å². The summed E-state index contributed by atoms with van der Waals surface area (Å²) in [5, 5.41) is 12.1. The molecule has 2 aliphatic rings. The van der Waals surface area contributed by atoms with Crippen molar-refractivity contribution in [2.24, 2.45) is 5.92 Å². The van der Waals surface area contributed by atoms with Crippen molar-refractivity contribution in [3.8, 4) is 0 Å². The Morgan fingerprint density at radius 3 is 2.60 bits per heavy atom. The van der Waals surface area contributed by atoms with Crippen molar-refractivity contribution in [2.75, 3.05) is 40.0 Å². The van der Waals surface area contributed by atoms with Crippen LogP contribution in [0.4, 0.5) is 0 Å². The molecule has 2 fully saturated rings. The van der Waals surface area contributed by atoms with Gasteiger partial charge in [0.1, 0.15) is 0 Å². The highest BCUT2D eigenvalue weighted by Crippen LogP contribution is 2.18. The van der Waals surface area contributed by atoms with Crippen molar-refractivity contribution in [3.05, 3.63) is 0 Å². The molecule has 7 nitrogen and oxygen atoms in total. The van der Waals surface area contributed by atoms with Gasteiger partial charge in [0.05, 0.1) is 25.7 Å². The van der Waals surface area contributed by atoms with E-state index in [1.807, 2.05) is 0 Å². The van der Waals surface area contributed by atoms with Crippen molar-refractivity contribution in [1.29, 1.82) is 0 Å². The quantitative estimate of drug-likeness (QED) is 0.696. The summed E-state index contributed by atoms with van der Waals surface area (Å²) < 4.78 is 10.5. The van der Waals surface area contributed by atoms with E-state index >= 15 is 0 Å². The maximum absolute atomic E-state index is 12.0. The summed E-state index contributed by atoms with van der Waals surface area (Å²) in [4.78, 5) is 24.8. The number of amides is 1. The van der Waals surface area contributed by atoms with Gasteiger partial charge in [-0.25, -0.2) is 0 Å². The molecular weight excluding hydrogens is 264 g/mol. The maximum Gasteiger partial charge on any atom is 0.310 e. The minimum Gasteiger partial charge on any atom is -0.481 e. The lowest BCUT2D eigenvalue weighted by Crippen LogP contribution is -2.48. The number of ether oxygens (including phenoxy) is 2. The lowest BCUT2D eigenvalue weighted by atomic mass is 10.0. The van der Waals surface area contributed by atoms with Crippen molar-refractivity contribution in [3.63, 3.8) is 0 Å². The molecule has 0 radical (unpaired) electrons. The first kappa shape index (κ1) is 15.2. The molecular formula is C13H22N2O5. The van der Waals surface area contributed by atoms with E-state index in [2.05, 4.69) is 5.32 Å². The highest BCUT2D eigenvalue weighted by molar-refractivity contribution is 5.78. The molecule has 0 saturated carbocycles. The molecule has 0 aromatic heterocycles. The fourth-order valence-corrected chi connectivity index (χ4v) is 2.67. The van der Waals surface area contributed by atoms with Crippen molar-refractivity contribution in [1.82, 2.24) is 10.2 Å². The molecule has 2 atom stereocenters. The number of carboxylic acid groups (broad SMARTS) is 1. The Labute approximate surface area is 118 Å². The first-order valence-corrected chi connectivity index (χ1v) is 6.96. The normalized spacial score (nSPS) is 27.7. The van der Waals surface area contributed by atoms with Gasteiger partial charge >= 0.3 is 5.97 Å². The summed E-state index contributed by atoms with van der Waals surface area (Å²) in [7, 11) is 1.76. The molecule has 0 aromatic rings. The number of carbonyl (C=O) groups is 2. The second kappa shape index (κ2) is 7.01. The summed E-state index contributed by atoms with van der Waals surface area (Å²) in [6.45, 7) is 2.12. The zero-order chi connectivity index (χ0) is 14.5. The van der Waals surface area contributed by atoms with Crippen LogP contribution in [0.1, 0.15) is 12.8 Å². The first-order chi connectivity index (χ1) is 9.58. The molecule has 2 saturated heterocycles. The van der Waals surface area contributed by atoms with Crippen molar-refractivity contribution < 1.29 is 24.2 Å². The van der Waals surface area contributed by atoms with Crippen molar-refractivity contribution in [2.45, 2.75) is 24.9 Å². The molecule has 0 aromatic carbocycles. The van der Waals surface area contributed by atoms with Gasteiger partial charge < -0.3 is 19.9 Å². The molecule has 1 amide bonds. The van der Waals surface area contributed by atoms with Crippen LogP contribution in [0.25, 0.3) is 0 Å². The van der Waals surface area contributed by atoms with E-state index in [0.717, 1.165) is 12.8 Å². The second-order valence-electron chi connectivity index (χ2n) is 5.42. The molecule has 2 rings (SSSR count). The van der Waals surface area contributed by atoms with E-state index in [4.69, 9.17) is 14.6 Å². The van der Waals surface area contributed by atoms with Gasteiger partial charge in [-0.2, -0.15) is 0 Å². The molecule has 114 valence electrons. The highest BCUT2D eigenvalue weighted by Gasteiger charge is 2.37. The number of likely N-dealkylation sites (N-methyl/N-ethyl adjacent to an activating group) is 1. The lowest BCUT2D eigenvalue weighted by molar-refractivity contribution is -0.143. The third-order valence-corrected chi connectivity index (χ3v) is 3.91. The third-order valence-electron chi connectivity index (χ3n) is 3.91. The molecule has 2 N–H and O–H groups in total. The summed E-state index contributed by atoms with van der Waals surface area (Å²) in [5.74, 6) is -1.50. The number of nitrogens with one attached hydrogen (secondary N) is 1. The summed E-state index contributed by atoms with van der Waals surface area (Å²) in [6, 6.07) is -0.0762. The van der Waals surface area contributed by atoms with Crippen LogP contribution >= 0.6 is 0 Å². The fraction of sp³-hybridized carbons (Fsp3) is 0.846. The Hall–Kier alpha value is -1.18. The second-order valence-corrected chi connectivity index (χ2v) is 5.42. The van der Waals surface area contributed by atoms with Gasteiger partial charge in [0.2, 0.25) is 5.91 Å². The van der Waals surface area contributed by atoms with Gasteiger partial charge in [0.15, 0.2) is 0 Å². The van der Waals surface area contributed by atoms with Gasteiger partial charge in [0.25, 0.3) is 0 Å². The molecule has 0 bridgehead atoms. The van der Waals surface area contributed by atoms with Crippen LogP contribution in [0, 0.1) is 5.92 Å². The van der Waals surface area contributed by atoms with Crippen LogP contribution in [-0.4, -0.2) is 74.0 Å². The fourth-order valence-electron chi connectivity index (χ4n) is 2.67. The minimum absolute atomic E-state index is 0.0737. The Bertz CT molecular complexity index is 357. The van der Waals surface area contributed by atoms with Crippen LogP contribution in [-0.2, 0) is 19.1 Å². The van der Waals surface area contributed by atoms with Crippen LogP contribution in [0.2, 0.25) is 0 Å². The standard InChI is InChI=1S/C13H22N2O5/c1-15(11-8-20-7-10(11)13(17)18)6-12(16)14-9-2-4-19-5-3-9/h9-11H,2-8H2,1H3,(H,14,16)(H,17,18). The van der Waals surface area contributed by atoms with Crippen LogP contribution < -0.4 is 5.32 Å². The number of rotatable bonds is 5. The Morgan fingerprint density at radius 2 is 1.95 bits per heavy atom. The summed E-state index contributed by atoms with van der Waals surface area (Å²) in [5.41, 5.74) is 0. The molecule has 0 spiro atoms. The monoisotopic (exact) mass is 286 g/mol. The van der Waals surface area contributed by atoms with E-state index in [-0.39, 0.29) is 31.1 Å². The maximum atomic E-state index is 12.0. The molecule has 2 heterocycles. The number of hydrogen-bond donors (Lipinski definition) is 2. The predicted molar refractivity (Wildman–Crippen MR) is 70.3 cm³/mol. The molecule has 7 heteroatoms. The Morgan fingerprint density at radius 1 is 1.25 bits per heavy atom. The number of carboxylic acids is 1. The van der Waals surface area contributed by atoms with E-state index in [9.17, 15) is 9.59 Å². The molecule has 2 unspecified atom stereocenters. The Balaban J connectivity index is 1.79. The Kier molecular flexibility index (Phi) is 5.33. The van der Waals surface area contributed by atoms with E-state index < -0.39 is 11.9 Å². The summed E-state index contributed by atoms with van der Waals surface area (Å²) in [6.07, 6.45) is 1.67.